The van der Waals surface area contributed by atoms with Crippen LogP contribution >= 0.6 is 50.1 Å². The smallest absolute Gasteiger partial charge is 0.252 e. The number of nitrogens with one attached hydrogen (secondary N) is 1. The summed E-state index contributed by atoms with van der Waals surface area (Å²) >= 11 is 11.6. The third-order valence-corrected chi connectivity index (χ3v) is 5.41. The predicted octanol–water partition coefficient (Wildman–Crippen LogP) is 4.63. The summed E-state index contributed by atoms with van der Waals surface area (Å²) < 4.78 is 0.908. The molecule has 100 valence electrons. The van der Waals surface area contributed by atoms with E-state index in [9.17, 15) is 4.79 Å². The van der Waals surface area contributed by atoms with E-state index in [2.05, 4.69) is 57.7 Å². The molecule has 0 aromatic heterocycles. The number of carbonyl (C=O) groups is 1. The van der Waals surface area contributed by atoms with E-state index < -0.39 is 0 Å². The summed E-state index contributed by atoms with van der Waals surface area (Å²) in [6.07, 6.45) is 1.77. The van der Waals surface area contributed by atoms with Crippen molar-refractivity contribution < 1.29 is 4.79 Å². The molecule has 0 bridgehead atoms. The minimum absolute atomic E-state index is 0.0648. The first kappa shape index (κ1) is 16.2. The van der Waals surface area contributed by atoms with E-state index >= 15 is 0 Å². The van der Waals surface area contributed by atoms with E-state index in [1.807, 2.05) is 6.07 Å². The lowest BCUT2D eigenvalue weighted by atomic mass is 9.95. The summed E-state index contributed by atoms with van der Waals surface area (Å²) in [6, 6.07) is 5.35. The van der Waals surface area contributed by atoms with Crippen LogP contribution in [-0.2, 0) is 0 Å². The fourth-order valence-corrected chi connectivity index (χ4v) is 3.31. The van der Waals surface area contributed by atoms with E-state index in [-0.39, 0.29) is 11.4 Å². The van der Waals surface area contributed by atoms with Crippen molar-refractivity contribution in [3.8, 4) is 0 Å². The number of alkyl halides is 1. The normalized spacial score (nSPS) is 11.4. The number of benzene rings is 1. The van der Waals surface area contributed by atoms with Crippen molar-refractivity contribution in [2.75, 3.05) is 5.33 Å². The van der Waals surface area contributed by atoms with Crippen molar-refractivity contribution in [3.05, 3.63) is 32.4 Å². The average molecular weight is 445 g/mol. The number of amides is 1. The quantitative estimate of drug-likeness (QED) is 0.521. The molecule has 0 heterocycles. The van der Waals surface area contributed by atoms with Crippen molar-refractivity contribution in [3.63, 3.8) is 0 Å². The molecule has 1 aromatic rings. The Morgan fingerprint density at radius 2 is 2.06 bits per heavy atom. The van der Waals surface area contributed by atoms with Crippen LogP contribution in [0, 0.1) is 3.57 Å². The molecule has 0 radical (unpaired) electrons. The molecule has 0 spiro atoms. The van der Waals surface area contributed by atoms with Gasteiger partial charge in [-0.25, -0.2) is 0 Å². The van der Waals surface area contributed by atoms with E-state index in [4.69, 9.17) is 11.6 Å². The highest BCUT2D eigenvalue weighted by Gasteiger charge is 2.27. The molecule has 1 N–H and O–H groups in total. The van der Waals surface area contributed by atoms with Gasteiger partial charge in [0.1, 0.15) is 0 Å². The zero-order chi connectivity index (χ0) is 13.8. The van der Waals surface area contributed by atoms with Crippen molar-refractivity contribution in [2.24, 2.45) is 0 Å². The Labute approximate surface area is 135 Å². The Bertz CT molecular complexity index is 427. The van der Waals surface area contributed by atoms with Crippen LogP contribution in [-0.4, -0.2) is 16.8 Å². The molecule has 0 saturated carbocycles. The van der Waals surface area contributed by atoms with Crippen LogP contribution < -0.4 is 5.32 Å². The Morgan fingerprint density at radius 1 is 1.44 bits per heavy atom. The topological polar surface area (TPSA) is 29.1 Å². The number of halogens is 3. The largest absolute Gasteiger partial charge is 0.346 e. The molecule has 1 aromatic carbocycles. The molecule has 0 aliphatic carbocycles. The van der Waals surface area contributed by atoms with Crippen LogP contribution in [0.4, 0.5) is 0 Å². The van der Waals surface area contributed by atoms with Gasteiger partial charge in [-0.05, 0) is 53.6 Å². The molecule has 1 rings (SSSR count). The third-order valence-electron chi connectivity index (χ3n) is 3.16. The minimum atomic E-state index is -0.192. The maximum Gasteiger partial charge on any atom is 0.252 e. The molecule has 0 atom stereocenters. The van der Waals surface area contributed by atoms with E-state index in [1.165, 1.54) is 0 Å². The molecule has 5 heteroatoms. The first-order valence-electron chi connectivity index (χ1n) is 5.81. The van der Waals surface area contributed by atoms with Crippen molar-refractivity contribution in [1.29, 1.82) is 0 Å². The highest BCUT2D eigenvalue weighted by Crippen LogP contribution is 2.22. The van der Waals surface area contributed by atoms with Gasteiger partial charge >= 0.3 is 0 Å². The second kappa shape index (κ2) is 7.10. The summed E-state index contributed by atoms with van der Waals surface area (Å²) in [4.78, 5) is 12.3. The van der Waals surface area contributed by atoms with Crippen molar-refractivity contribution in [2.45, 2.75) is 32.2 Å². The fraction of sp³-hybridized carbons (Fsp3) is 0.462. The first-order valence-corrected chi connectivity index (χ1v) is 8.39. The minimum Gasteiger partial charge on any atom is -0.346 e. The average Bonchev–Trinajstić information content (AvgIpc) is 2.38. The Balaban J connectivity index is 2.97. The molecule has 0 unspecified atom stereocenters. The van der Waals surface area contributed by atoms with Crippen LogP contribution in [0.2, 0.25) is 5.02 Å². The Kier molecular flexibility index (Phi) is 6.41. The molecule has 0 fully saturated rings. The van der Waals surface area contributed by atoms with Gasteiger partial charge < -0.3 is 5.32 Å². The summed E-state index contributed by atoms with van der Waals surface area (Å²) in [7, 11) is 0. The first-order chi connectivity index (χ1) is 8.48. The molecular weight excluding hydrogens is 428 g/mol. The van der Waals surface area contributed by atoms with Gasteiger partial charge in [0.15, 0.2) is 0 Å². The second-order valence-corrected chi connectivity index (χ2v) is 6.36. The molecule has 0 saturated heterocycles. The summed E-state index contributed by atoms with van der Waals surface area (Å²) in [5.74, 6) is -0.0648. The van der Waals surface area contributed by atoms with Crippen LogP contribution in [0.25, 0.3) is 0 Å². The summed E-state index contributed by atoms with van der Waals surface area (Å²) in [6.45, 7) is 4.15. The zero-order valence-electron chi connectivity index (χ0n) is 10.4. The van der Waals surface area contributed by atoms with Crippen LogP contribution in [0.3, 0.4) is 0 Å². The second-order valence-electron chi connectivity index (χ2n) is 4.20. The molecule has 0 aliphatic heterocycles. The SMILES string of the molecule is CCC(CC)(CBr)NC(=O)c1cc(Cl)ccc1I. The highest BCUT2D eigenvalue weighted by atomic mass is 127. The number of hydrogen-bond donors (Lipinski definition) is 1. The standard InChI is InChI=1S/C13H16BrClINO/c1-3-13(4-2,8-14)17-12(18)10-7-9(15)5-6-11(10)16/h5-7H,3-4,8H2,1-2H3,(H,17,18). The van der Waals surface area contributed by atoms with E-state index in [0.717, 1.165) is 21.7 Å². The molecular formula is C13H16BrClINO. The van der Waals surface area contributed by atoms with Gasteiger partial charge in [-0.3, -0.25) is 4.79 Å². The Hall–Kier alpha value is 0.190. The van der Waals surface area contributed by atoms with Crippen LogP contribution in [0.5, 0.6) is 0 Å². The van der Waals surface area contributed by atoms with E-state index in [1.54, 1.807) is 12.1 Å². The summed E-state index contributed by atoms with van der Waals surface area (Å²) in [5, 5.41) is 4.44. The lowest BCUT2D eigenvalue weighted by molar-refractivity contribution is 0.0903. The molecule has 1 amide bonds. The zero-order valence-corrected chi connectivity index (χ0v) is 14.9. The maximum absolute atomic E-state index is 12.3. The summed E-state index contributed by atoms with van der Waals surface area (Å²) in [5.41, 5.74) is 0.443. The van der Waals surface area contributed by atoms with Gasteiger partial charge in [-0.15, -0.1) is 0 Å². The van der Waals surface area contributed by atoms with E-state index in [0.29, 0.717) is 10.6 Å². The number of rotatable bonds is 5. The number of carbonyl (C=O) groups excluding carboxylic acids is 1. The molecule has 2 nitrogen and oxygen atoms in total. The van der Waals surface area contributed by atoms with Gasteiger partial charge in [0, 0.05) is 19.5 Å². The van der Waals surface area contributed by atoms with Gasteiger partial charge in [-0.2, -0.15) is 0 Å². The maximum atomic E-state index is 12.3. The van der Waals surface area contributed by atoms with Gasteiger partial charge in [0.2, 0.25) is 0 Å². The third kappa shape index (κ3) is 3.84. The fourth-order valence-electron chi connectivity index (χ4n) is 1.63. The van der Waals surface area contributed by atoms with Crippen molar-refractivity contribution >= 4 is 56.0 Å². The lowest BCUT2D eigenvalue weighted by Crippen LogP contribution is -2.49. The van der Waals surface area contributed by atoms with Crippen molar-refractivity contribution in [1.82, 2.24) is 5.32 Å². The van der Waals surface area contributed by atoms with Crippen LogP contribution in [0.15, 0.2) is 18.2 Å². The highest BCUT2D eigenvalue weighted by molar-refractivity contribution is 14.1. The lowest BCUT2D eigenvalue weighted by Gasteiger charge is -2.31. The molecule has 0 aliphatic rings. The van der Waals surface area contributed by atoms with Crippen LogP contribution in [0.1, 0.15) is 37.0 Å². The number of hydrogen-bond acceptors (Lipinski definition) is 1. The van der Waals surface area contributed by atoms with Gasteiger partial charge in [0.25, 0.3) is 5.91 Å². The van der Waals surface area contributed by atoms with Gasteiger partial charge in [-0.1, -0.05) is 41.4 Å². The van der Waals surface area contributed by atoms with Gasteiger partial charge in [0.05, 0.1) is 5.56 Å². The monoisotopic (exact) mass is 443 g/mol. The molecule has 18 heavy (non-hydrogen) atoms. The predicted molar refractivity (Wildman–Crippen MR) is 88.7 cm³/mol. The Morgan fingerprint density at radius 3 is 2.56 bits per heavy atom.